The Balaban J connectivity index is 1.38. The normalized spacial score (nSPS) is 14.6. The van der Waals surface area contributed by atoms with E-state index in [0.29, 0.717) is 42.5 Å². The first-order chi connectivity index (χ1) is 18.6. The van der Waals surface area contributed by atoms with E-state index in [1.165, 1.54) is 5.56 Å². The molecule has 1 N–H and O–H groups in total. The molecule has 2 heterocycles. The Kier molecular flexibility index (Phi) is 8.66. The average Bonchev–Trinajstić information content (AvgIpc) is 2.91. The van der Waals surface area contributed by atoms with Crippen LogP contribution >= 0.6 is 11.6 Å². The van der Waals surface area contributed by atoms with E-state index in [-0.39, 0.29) is 5.91 Å². The van der Waals surface area contributed by atoms with Crippen LogP contribution in [0.15, 0.2) is 91.1 Å². The first-order valence-corrected chi connectivity index (χ1v) is 13.1. The molecular formula is C31H30ClN3O3. The number of nitrogens with zero attached hydrogens (tertiary/aromatic N) is 2. The first kappa shape index (κ1) is 25.9. The Morgan fingerprint density at radius 2 is 1.82 bits per heavy atom. The van der Waals surface area contributed by atoms with Crippen LogP contribution in [0.5, 0.6) is 5.75 Å². The van der Waals surface area contributed by atoms with Crippen LogP contribution in [0.3, 0.4) is 0 Å². The number of anilines is 1. The molecule has 6 nitrogen and oxygen atoms in total. The predicted molar refractivity (Wildman–Crippen MR) is 150 cm³/mol. The Labute approximate surface area is 228 Å². The fourth-order valence-corrected chi connectivity index (χ4v) is 4.72. The van der Waals surface area contributed by atoms with Gasteiger partial charge >= 0.3 is 0 Å². The van der Waals surface area contributed by atoms with Gasteiger partial charge in [-0.25, -0.2) is 0 Å². The fourth-order valence-electron chi connectivity index (χ4n) is 4.53. The summed E-state index contributed by atoms with van der Waals surface area (Å²) in [6, 6.07) is 27.2. The zero-order chi connectivity index (χ0) is 26.2. The highest BCUT2D eigenvalue weighted by molar-refractivity contribution is 6.31. The number of carbonyl (C=O) groups excluding carboxylic acids is 1. The minimum Gasteiger partial charge on any atom is -0.491 e. The summed E-state index contributed by atoms with van der Waals surface area (Å²) in [4.78, 5) is 19.9. The molecule has 0 spiro atoms. The van der Waals surface area contributed by atoms with Gasteiger partial charge in [0.05, 0.1) is 18.9 Å². The number of aromatic nitrogens is 1. The van der Waals surface area contributed by atoms with E-state index in [4.69, 9.17) is 21.1 Å². The number of fused-ring (bicyclic) bond motifs is 3. The number of benzene rings is 3. The van der Waals surface area contributed by atoms with Crippen molar-refractivity contribution in [2.75, 3.05) is 31.7 Å². The molecule has 0 unspecified atom stereocenters. The number of rotatable bonds is 4. The number of hydrogen-bond donors (Lipinski definition) is 1. The molecule has 0 fully saturated rings. The molecule has 1 aromatic heterocycles. The molecule has 0 radical (unpaired) electrons. The fraction of sp³-hybridized carbons (Fsp3) is 0.226. The van der Waals surface area contributed by atoms with Gasteiger partial charge in [-0.1, -0.05) is 48.0 Å². The quantitative estimate of drug-likeness (QED) is 0.353. The molecule has 38 heavy (non-hydrogen) atoms. The molecule has 7 heteroatoms. The predicted octanol–water partition coefficient (Wildman–Crippen LogP) is 5.99. The summed E-state index contributed by atoms with van der Waals surface area (Å²) >= 11 is 6.08. The lowest BCUT2D eigenvalue weighted by atomic mass is 9.99. The topological polar surface area (TPSA) is 63.7 Å². The van der Waals surface area contributed by atoms with Gasteiger partial charge in [0.25, 0.3) is 5.91 Å². The lowest BCUT2D eigenvalue weighted by Gasteiger charge is -2.23. The molecule has 1 aliphatic rings. The Bertz CT molecular complexity index is 1380. The zero-order valence-electron chi connectivity index (χ0n) is 21.1. The van der Waals surface area contributed by atoms with Crippen LogP contribution in [0.2, 0.25) is 5.02 Å². The number of hydrogen-bond acceptors (Lipinski definition) is 5. The van der Waals surface area contributed by atoms with Gasteiger partial charge in [0.1, 0.15) is 12.4 Å². The Morgan fingerprint density at radius 1 is 0.921 bits per heavy atom. The summed E-state index contributed by atoms with van der Waals surface area (Å²) in [5.74, 6) is 0.559. The minimum atomic E-state index is -0.197. The van der Waals surface area contributed by atoms with Crippen molar-refractivity contribution in [2.24, 2.45) is 0 Å². The summed E-state index contributed by atoms with van der Waals surface area (Å²) < 4.78 is 12.0. The van der Waals surface area contributed by atoms with E-state index in [1.54, 1.807) is 18.2 Å². The molecule has 1 amide bonds. The van der Waals surface area contributed by atoms with E-state index in [9.17, 15) is 4.79 Å². The van der Waals surface area contributed by atoms with Crippen molar-refractivity contribution < 1.29 is 14.3 Å². The smallest absolute Gasteiger partial charge is 0.255 e. The van der Waals surface area contributed by atoms with E-state index in [0.717, 1.165) is 42.2 Å². The summed E-state index contributed by atoms with van der Waals surface area (Å²) in [7, 11) is 0. The summed E-state index contributed by atoms with van der Waals surface area (Å²) in [6.45, 7) is 3.85. The van der Waals surface area contributed by atoms with Crippen molar-refractivity contribution in [2.45, 2.75) is 19.5 Å². The van der Waals surface area contributed by atoms with Gasteiger partial charge in [-0.3, -0.25) is 14.7 Å². The zero-order valence-corrected chi connectivity index (χ0v) is 21.9. The lowest BCUT2D eigenvalue weighted by molar-refractivity contribution is 0.0754. The highest BCUT2D eigenvalue weighted by Crippen LogP contribution is 2.25. The van der Waals surface area contributed by atoms with E-state index in [1.807, 2.05) is 48.7 Å². The molecule has 0 atom stereocenters. The van der Waals surface area contributed by atoms with Crippen molar-refractivity contribution in [1.29, 1.82) is 0 Å². The van der Waals surface area contributed by atoms with Gasteiger partial charge in [0, 0.05) is 48.5 Å². The highest BCUT2D eigenvalue weighted by atomic mass is 35.5. The standard InChI is InChI=1S/C31H30ClN3O3/c32-27-7-4-9-28(20-27)34-31(36)25-10-11-30-26(19-25)18-23-5-3-6-24(17-23)21-35(13-14-37-15-16-38-30)22-29-8-1-2-12-33-29/h1-12,17,19-20H,13-16,18,21-22H2,(H,34,36). The maximum absolute atomic E-state index is 13.0. The van der Waals surface area contributed by atoms with Gasteiger partial charge < -0.3 is 14.8 Å². The molecule has 4 aromatic rings. The third kappa shape index (κ3) is 7.19. The van der Waals surface area contributed by atoms with Gasteiger partial charge in [-0.2, -0.15) is 0 Å². The monoisotopic (exact) mass is 527 g/mol. The van der Waals surface area contributed by atoms with E-state index < -0.39 is 0 Å². The van der Waals surface area contributed by atoms with Crippen molar-refractivity contribution in [3.63, 3.8) is 0 Å². The van der Waals surface area contributed by atoms with Crippen LogP contribution in [0, 0.1) is 0 Å². The molecule has 194 valence electrons. The number of halogens is 1. The molecule has 3 aromatic carbocycles. The SMILES string of the molecule is O=C(Nc1cccc(Cl)c1)c1ccc2c(c1)Cc1cccc(c1)CN(Cc1ccccn1)CCOCCO2. The lowest BCUT2D eigenvalue weighted by Crippen LogP contribution is -2.28. The van der Waals surface area contributed by atoms with Crippen molar-refractivity contribution >= 4 is 23.2 Å². The summed E-state index contributed by atoms with van der Waals surface area (Å²) in [6.07, 6.45) is 2.47. The average molecular weight is 528 g/mol. The maximum atomic E-state index is 13.0. The summed E-state index contributed by atoms with van der Waals surface area (Å²) in [5.41, 5.74) is 5.56. The molecule has 2 bridgehead atoms. The largest absolute Gasteiger partial charge is 0.491 e. The van der Waals surface area contributed by atoms with Crippen molar-refractivity contribution in [1.82, 2.24) is 9.88 Å². The van der Waals surface area contributed by atoms with Crippen molar-refractivity contribution in [3.8, 4) is 5.75 Å². The van der Waals surface area contributed by atoms with E-state index >= 15 is 0 Å². The van der Waals surface area contributed by atoms with Crippen LogP contribution in [0.4, 0.5) is 5.69 Å². The highest BCUT2D eigenvalue weighted by Gasteiger charge is 2.14. The van der Waals surface area contributed by atoms with Crippen LogP contribution in [0.25, 0.3) is 0 Å². The van der Waals surface area contributed by atoms with Gasteiger partial charge in [-0.05, 0) is 65.2 Å². The van der Waals surface area contributed by atoms with Crippen LogP contribution in [-0.4, -0.2) is 42.2 Å². The molecule has 5 rings (SSSR count). The second kappa shape index (κ2) is 12.7. The molecular weight excluding hydrogens is 498 g/mol. The molecule has 1 aliphatic heterocycles. The number of amides is 1. The molecule has 0 aliphatic carbocycles. The number of nitrogens with one attached hydrogen (secondary N) is 1. The van der Waals surface area contributed by atoms with Crippen LogP contribution in [0.1, 0.15) is 32.7 Å². The third-order valence-electron chi connectivity index (χ3n) is 6.35. The summed E-state index contributed by atoms with van der Waals surface area (Å²) in [5, 5.41) is 3.50. The van der Waals surface area contributed by atoms with Crippen molar-refractivity contribution in [3.05, 3.63) is 124 Å². The minimum absolute atomic E-state index is 0.197. The van der Waals surface area contributed by atoms with Gasteiger partial charge in [0.15, 0.2) is 0 Å². The van der Waals surface area contributed by atoms with Crippen LogP contribution in [-0.2, 0) is 24.2 Å². The first-order valence-electron chi connectivity index (χ1n) is 12.7. The number of pyridine rings is 1. The molecule has 0 saturated carbocycles. The number of ether oxygens (including phenoxy) is 2. The van der Waals surface area contributed by atoms with Crippen LogP contribution < -0.4 is 10.1 Å². The van der Waals surface area contributed by atoms with E-state index in [2.05, 4.69) is 39.5 Å². The molecule has 0 saturated heterocycles. The second-order valence-corrected chi connectivity index (χ2v) is 9.71. The van der Waals surface area contributed by atoms with Gasteiger partial charge in [-0.15, -0.1) is 0 Å². The van der Waals surface area contributed by atoms with Gasteiger partial charge in [0.2, 0.25) is 0 Å². The second-order valence-electron chi connectivity index (χ2n) is 9.28. The Morgan fingerprint density at radius 3 is 2.68 bits per heavy atom. The maximum Gasteiger partial charge on any atom is 0.255 e. The Hall–Kier alpha value is -3.71. The third-order valence-corrected chi connectivity index (χ3v) is 6.58. The number of carbonyl (C=O) groups is 1.